The van der Waals surface area contributed by atoms with Gasteiger partial charge in [0.2, 0.25) is 5.95 Å². The molecule has 1 atom stereocenters. The van der Waals surface area contributed by atoms with Crippen molar-refractivity contribution in [3.05, 3.63) is 60.2 Å². The second kappa shape index (κ2) is 8.87. The van der Waals surface area contributed by atoms with Crippen LogP contribution in [0, 0.1) is 23.4 Å². The van der Waals surface area contributed by atoms with Crippen LogP contribution < -0.4 is 10.6 Å². The molecule has 29 heavy (non-hydrogen) atoms. The number of aromatic nitrogens is 3. The number of nitrogens with zero attached hydrogens (tertiary/aromatic N) is 3. The SMILES string of the molecule is CC(C)[C@H](CO)Nc1nc(Nc2c(F)cc(F)cc2F)cc(-c2cccnc2)n1. The van der Waals surface area contributed by atoms with E-state index in [1.165, 1.54) is 6.07 Å². The zero-order valence-corrected chi connectivity index (χ0v) is 15.8. The fraction of sp³-hybridized carbons (Fsp3) is 0.250. The van der Waals surface area contributed by atoms with Crippen LogP contribution in [0.15, 0.2) is 42.7 Å². The molecule has 2 aromatic heterocycles. The molecule has 2 heterocycles. The van der Waals surface area contributed by atoms with Gasteiger partial charge < -0.3 is 15.7 Å². The van der Waals surface area contributed by atoms with Crippen LogP contribution in [0.3, 0.4) is 0 Å². The smallest absolute Gasteiger partial charge is 0.225 e. The van der Waals surface area contributed by atoms with Crippen LogP contribution >= 0.6 is 0 Å². The first-order valence-corrected chi connectivity index (χ1v) is 8.96. The van der Waals surface area contributed by atoms with Crippen LogP contribution in [-0.4, -0.2) is 32.7 Å². The molecule has 0 aliphatic carbocycles. The lowest BCUT2D eigenvalue weighted by Crippen LogP contribution is -2.30. The molecule has 0 amide bonds. The molecule has 0 aliphatic heterocycles. The van der Waals surface area contributed by atoms with E-state index >= 15 is 0 Å². The summed E-state index contributed by atoms with van der Waals surface area (Å²) in [5.41, 5.74) is 0.573. The first-order valence-electron chi connectivity index (χ1n) is 8.96. The number of anilines is 3. The van der Waals surface area contributed by atoms with Gasteiger partial charge in [-0.1, -0.05) is 13.8 Å². The highest BCUT2D eigenvalue weighted by Crippen LogP contribution is 2.27. The van der Waals surface area contributed by atoms with Crippen LogP contribution in [0.1, 0.15) is 13.8 Å². The van der Waals surface area contributed by atoms with Gasteiger partial charge in [-0.25, -0.2) is 18.2 Å². The average Bonchev–Trinajstić information content (AvgIpc) is 2.69. The molecule has 0 unspecified atom stereocenters. The number of benzene rings is 1. The van der Waals surface area contributed by atoms with E-state index in [1.807, 2.05) is 13.8 Å². The van der Waals surface area contributed by atoms with E-state index < -0.39 is 23.1 Å². The van der Waals surface area contributed by atoms with Crippen molar-refractivity contribution in [3.8, 4) is 11.3 Å². The third kappa shape index (κ3) is 5.00. The van der Waals surface area contributed by atoms with E-state index in [0.29, 0.717) is 23.4 Å². The van der Waals surface area contributed by atoms with Crippen LogP contribution in [0.4, 0.5) is 30.6 Å². The molecule has 0 saturated heterocycles. The summed E-state index contributed by atoms with van der Waals surface area (Å²) in [5.74, 6) is -2.87. The summed E-state index contributed by atoms with van der Waals surface area (Å²) < 4.78 is 41.3. The Morgan fingerprint density at radius 3 is 2.38 bits per heavy atom. The first kappa shape index (κ1) is 20.5. The van der Waals surface area contributed by atoms with Gasteiger partial charge in [0.1, 0.15) is 17.3 Å². The van der Waals surface area contributed by atoms with Crippen molar-refractivity contribution in [1.82, 2.24) is 15.0 Å². The minimum Gasteiger partial charge on any atom is -0.394 e. The minimum atomic E-state index is -1.09. The van der Waals surface area contributed by atoms with Crippen molar-refractivity contribution in [2.45, 2.75) is 19.9 Å². The molecular formula is C20H20F3N5O. The zero-order valence-electron chi connectivity index (χ0n) is 15.8. The molecule has 152 valence electrons. The topological polar surface area (TPSA) is 83.0 Å². The minimum absolute atomic E-state index is 0.0778. The van der Waals surface area contributed by atoms with Gasteiger partial charge in [0, 0.05) is 36.2 Å². The van der Waals surface area contributed by atoms with E-state index in [0.717, 1.165) is 0 Å². The maximum atomic E-state index is 14.0. The second-order valence-electron chi connectivity index (χ2n) is 6.75. The Balaban J connectivity index is 2.03. The number of aliphatic hydroxyl groups is 1. The molecule has 3 aromatic rings. The van der Waals surface area contributed by atoms with Gasteiger partial charge in [0.05, 0.1) is 18.3 Å². The van der Waals surface area contributed by atoms with Crippen LogP contribution in [-0.2, 0) is 0 Å². The molecule has 0 radical (unpaired) electrons. The fourth-order valence-electron chi connectivity index (χ4n) is 2.62. The van der Waals surface area contributed by atoms with Crippen molar-refractivity contribution in [3.63, 3.8) is 0 Å². The summed E-state index contributed by atoms with van der Waals surface area (Å²) in [6, 6.07) is 5.82. The molecule has 9 heteroatoms. The second-order valence-corrected chi connectivity index (χ2v) is 6.75. The molecule has 0 aliphatic rings. The van der Waals surface area contributed by atoms with Crippen LogP contribution in [0.2, 0.25) is 0 Å². The number of halogens is 3. The van der Waals surface area contributed by atoms with E-state index in [9.17, 15) is 18.3 Å². The summed E-state index contributed by atoms with van der Waals surface area (Å²) in [4.78, 5) is 12.7. The zero-order chi connectivity index (χ0) is 21.0. The molecule has 3 N–H and O–H groups in total. The standard InChI is InChI=1S/C20H20F3N5O/c1-11(2)17(10-29)26-20-25-16(12-4-3-5-24-9-12)8-18(28-20)27-19-14(22)6-13(21)7-15(19)23/h3-9,11,17,29H,10H2,1-2H3,(H2,25,26,27,28)/t17-/m0/s1. The highest BCUT2D eigenvalue weighted by molar-refractivity contribution is 5.67. The molecule has 6 nitrogen and oxygen atoms in total. The summed E-state index contributed by atoms with van der Waals surface area (Å²) in [5, 5.41) is 15.1. The van der Waals surface area contributed by atoms with Gasteiger partial charge in [0.25, 0.3) is 0 Å². The summed E-state index contributed by atoms with van der Waals surface area (Å²) in [7, 11) is 0. The van der Waals surface area contributed by atoms with Crippen molar-refractivity contribution < 1.29 is 18.3 Å². The Morgan fingerprint density at radius 2 is 1.79 bits per heavy atom. The number of aliphatic hydroxyl groups excluding tert-OH is 1. The lowest BCUT2D eigenvalue weighted by atomic mass is 10.1. The largest absolute Gasteiger partial charge is 0.394 e. The van der Waals surface area contributed by atoms with Gasteiger partial charge in [-0.05, 0) is 18.1 Å². The van der Waals surface area contributed by atoms with Crippen LogP contribution in [0.25, 0.3) is 11.3 Å². The van der Waals surface area contributed by atoms with Gasteiger partial charge in [-0.3, -0.25) is 4.98 Å². The normalized spacial score (nSPS) is 12.1. The lowest BCUT2D eigenvalue weighted by molar-refractivity contribution is 0.248. The number of hydrogen-bond donors (Lipinski definition) is 3. The molecule has 0 spiro atoms. The van der Waals surface area contributed by atoms with Crippen molar-refractivity contribution >= 4 is 17.5 Å². The molecule has 0 fully saturated rings. The van der Waals surface area contributed by atoms with Gasteiger partial charge in [-0.15, -0.1) is 0 Å². The van der Waals surface area contributed by atoms with Gasteiger partial charge >= 0.3 is 0 Å². The summed E-state index contributed by atoms with van der Waals surface area (Å²) in [6.07, 6.45) is 3.19. The fourth-order valence-corrected chi connectivity index (χ4v) is 2.62. The molecule has 0 bridgehead atoms. The van der Waals surface area contributed by atoms with Crippen molar-refractivity contribution in [2.24, 2.45) is 5.92 Å². The number of nitrogens with one attached hydrogen (secondary N) is 2. The highest BCUT2D eigenvalue weighted by atomic mass is 19.1. The maximum Gasteiger partial charge on any atom is 0.225 e. The van der Waals surface area contributed by atoms with Gasteiger partial charge in [-0.2, -0.15) is 4.98 Å². The Hall–Kier alpha value is -3.20. The van der Waals surface area contributed by atoms with E-state index in [4.69, 9.17) is 0 Å². The predicted octanol–water partition coefficient (Wildman–Crippen LogP) is 4.13. The maximum absolute atomic E-state index is 14.0. The lowest BCUT2D eigenvalue weighted by Gasteiger charge is -2.20. The number of hydrogen-bond acceptors (Lipinski definition) is 6. The predicted molar refractivity (Wildman–Crippen MR) is 104 cm³/mol. The Kier molecular flexibility index (Phi) is 6.28. The van der Waals surface area contributed by atoms with E-state index in [-0.39, 0.29) is 30.3 Å². The quantitative estimate of drug-likeness (QED) is 0.550. The third-order valence-electron chi connectivity index (χ3n) is 4.26. The summed E-state index contributed by atoms with van der Waals surface area (Å²) in [6.45, 7) is 3.69. The van der Waals surface area contributed by atoms with E-state index in [1.54, 1.807) is 24.5 Å². The van der Waals surface area contributed by atoms with Gasteiger partial charge in [0.15, 0.2) is 11.6 Å². The molecule has 3 rings (SSSR count). The first-order chi connectivity index (χ1) is 13.9. The van der Waals surface area contributed by atoms with Crippen molar-refractivity contribution in [2.75, 3.05) is 17.2 Å². The molecular weight excluding hydrogens is 383 g/mol. The summed E-state index contributed by atoms with van der Waals surface area (Å²) >= 11 is 0. The van der Waals surface area contributed by atoms with Crippen LogP contribution in [0.5, 0.6) is 0 Å². The Labute approximate surface area is 165 Å². The molecule has 0 saturated carbocycles. The van der Waals surface area contributed by atoms with Crippen molar-refractivity contribution in [1.29, 1.82) is 0 Å². The number of rotatable bonds is 7. The Morgan fingerprint density at radius 1 is 1.07 bits per heavy atom. The Bertz CT molecular complexity index is 962. The average molecular weight is 403 g/mol. The molecule has 1 aromatic carbocycles. The third-order valence-corrected chi connectivity index (χ3v) is 4.26. The van der Waals surface area contributed by atoms with E-state index in [2.05, 4.69) is 25.6 Å². The highest BCUT2D eigenvalue weighted by Gasteiger charge is 2.17. The monoisotopic (exact) mass is 403 g/mol. The number of pyridine rings is 1.